The minimum absolute atomic E-state index is 0.718. The maximum absolute atomic E-state index is 5.65. The number of hydrogen-bond donors (Lipinski definition) is 1. The molecule has 1 saturated carbocycles. The van der Waals surface area contributed by atoms with Crippen LogP contribution < -0.4 is 9.64 Å². The first-order valence-electron chi connectivity index (χ1n) is 11.4. The normalized spacial score (nSPS) is 13.6. The predicted octanol–water partition coefficient (Wildman–Crippen LogP) is 4.95. The smallest absolute Gasteiger partial charge is 0.121 e. The lowest BCUT2D eigenvalue weighted by molar-refractivity contribution is 0.395. The number of hydrogen-bond acceptors (Lipinski definition) is 6. The Kier molecular flexibility index (Phi) is 5.72. The quantitative estimate of drug-likeness (QED) is 0.417. The third kappa shape index (κ3) is 4.68. The van der Waals surface area contributed by atoms with Crippen LogP contribution in [0.3, 0.4) is 0 Å². The number of rotatable bonds is 8. The molecule has 1 N–H and O–H groups in total. The predicted molar refractivity (Wildman–Crippen MR) is 132 cm³/mol. The summed E-state index contributed by atoms with van der Waals surface area (Å²) in [5, 5.41) is 7.11. The van der Waals surface area contributed by atoms with Gasteiger partial charge in [0.05, 0.1) is 36.2 Å². The number of aromatic nitrogens is 4. The van der Waals surface area contributed by atoms with Gasteiger partial charge in [0.1, 0.15) is 5.75 Å². The van der Waals surface area contributed by atoms with Crippen molar-refractivity contribution in [2.45, 2.75) is 26.3 Å². The van der Waals surface area contributed by atoms with Gasteiger partial charge in [0.2, 0.25) is 0 Å². The van der Waals surface area contributed by atoms with Crippen LogP contribution in [0.15, 0.2) is 48.8 Å². The van der Waals surface area contributed by atoms with Gasteiger partial charge in [-0.2, -0.15) is 5.10 Å². The number of nitrogens with one attached hydrogen (secondary N) is 1. The fourth-order valence-corrected chi connectivity index (χ4v) is 4.20. The van der Waals surface area contributed by atoms with Gasteiger partial charge in [-0.3, -0.25) is 10.1 Å². The molecule has 0 saturated heterocycles. The molecule has 1 aliphatic carbocycles. The van der Waals surface area contributed by atoms with Crippen molar-refractivity contribution in [2.75, 3.05) is 32.6 Å². The molecule has 2 aromatic carbocycles. The third-order valence-corrected chi connectivity index (χ3v) is 6.08. The Morgan fingerprint density at radius 2 is 1.88 bits per heavy atom. The SMILES string of the molecule is COc1cc(CN(C)C)cc(N(CC2CC2)c2ccc3ncc(-c4cn[nH]c4C)nc3c2)c1. The van der Waals surface area contributed by atoms with E-state index in [9.17, 15) is 0 Å². The second-order valence-electron chi connectivity index (χ2n) is 9.17. The van der Waals surface area contributed by atoms with E-state index in [1.165, 1.54) is 18.4 Å². The van der Waals surface area contributed by atoms with Gasteiger partial charge in [-0.1, -0.05) is 0 Å². The zero-order valence-corrected chi connectivity index (χ0v) is 19.7. The van der Waals surface area contributed by atoms with Gasteiger partial charge >= 0.3 is 0 Å². The first-order chi connectivity index (χ1) is 16.0. The molecule has 1 fully saturated rings. The number of ether oxygens (including phenoxy) is 1. The molecule has 0 unspecified atom stereocenters. The van der Waals surface area contributed by atoms with Crippen molar-refractivity contribution in [3.63, 3.8) is 0 Å². The van der Waals surface area contributed by atoms with E-state index >= 15 is 0 Å². The molecule has 2 aromatic heterocycles. The monoisotopic (exact) mass is 442 g/mol. The first-order valence-corrected chi connectivity index (χ1v) is 11.4. The lowest BCUT2D eigenvalue weighted by Crippen LogP contribution is -2.20. The number of fused-ring (bicyclic) bond motifs is 1. The fourth-order valence-electron chi connectivity index (χ4n) is 4.20. The summed E-state index contributed by atoms with van der Waals surface area (Å²) < 4.78 is 5.65. The summed E-state index contributed by atoms with van der Waals surface area (Å²) in [6.07, 6.45) is 6.18. The molecule has 0 radical (unpaired) electrons. The largest absolute Gasteiger partial charge is 0.497 e. The van der Waals surface area contributed by atoms with Gasteiger partial charge < -0.3 is 14.5 Å². The van der Waals surface area contributed by atoms with Crippen LogP contribution in [0, 0.1) is 12.8 Å². The van der Waals surface area contributed by atoms with E-state index in [-0.39, 0.29) is 0 Å². The number of anilines is 2. The third-order valence-electron chi connectivity index (χ3n) is 6.08. The molecule has 4 aromatic rings. The van der Waals surface area contributed by atoms with E-state index in [2.05, 4.69) is 75.5 Å². The molecule has 0 amide bonds. The van der Waals surface area contributed by atoms with Gasteiger partial charge in [0, 0.05) is 41.8 Å². The molecule has 7 heteroatoms. The van der Waals surface area contributed by atoms with E-state index in [1.807, 2.05) is 13.1 Å². The molecule has 2 heterocycles. The van der Waals surface area contributed by atoms with Crippen LogP contribution in [0.4, 0.5) is 11.4 Å². The summed E-state index contributed by atoms with van der Waals surface area (Å²) in [6, 6.07) is 12.9. The van der Waals surface area contributed by atoms with Gasteiger partial charge in [-0.25, -0.2) is 4.98 Å². The van der Waals surface area contributed by atoms with Gasteiger partial charge in [0.15, 0.2) is 0 Å². The second kappa shape index (κ2) is 8.83. The number of aryl methyl sites for hydroxylation is 1. The van der Waals surface area contributed by atoms with Crippen molar-refractivity contribution in [3.05, 3.63) is 60.0 Å². The zero-order chi connectivity index (χ0) is 22.9. The van der Waals surface area contributed by atoms with Gasteiger partial charge in [0.25, 0.3) is 0 Å². The van der Waals surface area contributed by atoms with Crippen LogP contribution in [0.5, 0.6) is 5.75 Å². The van der Waals surface area contributed by atoms with Crippen molar-refractivity contribution in [1.82, 2.24) is 25.1 Å². The topological polar surface area (TPSA) is 70.2 Å². The summed E-state index contributed by atoms with van der Waals surface area (Å²) in [5.74, 6) is 1.60. The summed E-state index contributed by atoms with van der Waals surface area (Å²) in [6.45, 7) is 3.84. The van der Waals surface area contributed by atoms with E-state index < -0.39 is 0 Å². The van der Waals surface area contributed by atoms with E-state index in [0.29, 0.717) is 0 Å². The number of aromatic amines is 1. The van der Waals surface area contributed by atoms with Gasteiger partial charge in [-0.05, 0) is 75.7 Å². The van der Waals surface area contributed by atoms with Crippen LogP contribution in [-0.2, 0) is 6.54 Å². The molecular formula is C26H30N6O. The molecule has 0 spiro atoms. The average molecular weight is 443 g/mol. The van der Waals surface area contributed by atoms with E-state index in [1.54, 1.807) is 13.3 Å². The number of benzene rings is 2. The molecule has 5 rings (SSSR count). The Hall–Kier alpha value is -3.45. The number of nitrogens with zero attached hydrogens (tertiary/aromatic N) is 5. The van der Waals surface area contributed by atoms with Crippen molar-refractivity contribution >= 4 is 22.4 Å². The van der Waals surface area contributed by atoms with Crippen molar-refractivity contribution in [2.24, 2.45) is 5.92 Å². The molecule has 1 aliphatic rings. The first kappa shape index (κ1) is 21.4. The van der Waals surface area contributed by atoms with Crippen molar-refractivity contribution < 1.29 is 4.74 Å². The minimum atomic E-state index is 0.718. The minimum Gasteiger partial charge on any atom is -0.497 e. The van der Waals surface area contributed by atoms with Gasteiger partial charge in [-0.15, -0.1) is 0 Å². The highest BCUT2D eigenvalue weighted by atomic mass is 16.5. The van der Waals surface area contributed by atoms with E-state index in [4.69, 9.17) is 9.72 Å². The lowest BCUT2D eigenvalue weighted by atomic mass is 10.1. The summed E-state index contributed by atoms with van der Waals surface area (Å²) >= 11 is 0. The number of H-pyrrole nitrogens is 1. The second-order valence-corrected chi connectivity index (χ2v) is 9.17. The molecule has 0 atom stereocenters. The molecular weight excluding hydrogens is 412 g/mol. The Labute approximate surface area is 194 Å². The van der Waals surface area contributed by atoms with Crippen LogP contribution in [0.25, 0.3) is 22.3 Å². The van der Waals surface area contributed by atoms with Crippen molar-refractivity contribution in [1.29, 1.82) is 0 Å². The Morgan fingerprint density at radius 1 is 1.03 bits per heavy atom. The standard InChI is InChI=1S/C26H30N6O/c1-17-23(13-28-30-17)26-14-27-24-8-7-20(12-25(24)29-26)32(16-18-5-6-18)21-9-19(15-31(2)3)10-22(11-21)33-4/h7-14,18H,5-6,15-16H2,1-4H3,(H,28,30). The summed E-state index contributed by atoms with van der Waals surface area (Å²) in [7, 11) is 5.90. The number of methoxy groups -OCH3 is 1. The highest BCUT2D eigenvalue weighted by Gasteiger charge is 2.26. The summed E-state index contributed by atoms with van der Waals surface area (Å²) in [5.41, 5.74) is 8.05. The Balaban J connectivity index is 1.57. The molecule has 170 valence electrons. The van der Waals surface area contributed by atoms with Crippen LogP contribution in [0.1, 0.15) is 24.1 Å². The Bertz CT molecular complexity index is 1280. The molecule has 33 heavy (non-hydrogen) atoms. The highest BCUT2D eigenvalue weighted by Crippen LogP contribution is 2.37. The van der Waals surface area contributed by atoms with Crippen LogP contribution in [-0.4, -0.2) is 52.8 Å². The Morgan fingerprint density at radius 3 is 2.58 bits per heavy atom. The fraction of sp³-hybridized carbons (Fsp3) is 0.346. The molecule has 0 aliphatic heterocycles. The molecule has 0 bridgehead atoms. The van der Waals surface area contributed by atoms with Crippen molar-refractivity contribution in [3.8, 4) is 17.0 Å². The highest BCUT2D eigenvalue weighted by molar-refractivity contribution is 5.83. The van der Waals surface area contributed by atoms with Crippen LogP contribution in [0.2, 0.25) is 0 Å². The lowest BCUT2D eigenvalue weighted by Gasteiger charge is -2.27. The maximum Gasteiger partial charge on any atom is 0.121 e. The summed E-state index contributed by atoms with van der Waals surface area (Å²) in [4.78, 5) is 14.1. The van der Waals surface area contributed by atoms with Crippen LogP contribution >= 0.6 is 0 Å². The maximum atomic E-state index is 5.65. The molecule has 7 nitrogen and oxygen atoms in total. The van der Waals surface area contributed by atoms with E-state index in [0.717, 1.165) is 64.1 Å². The average Bonchev–Trinajstić information content (AvgIpc) is 3.53. The zero-order valence-electron chi connectivity index (χ0n) is 19.7.